The molecule has 0 saturated carbocycles. The third-order valence-corrected chi connectivity index (χ3v) is 7.52. The van der Waals surface area contributed by atoms with Gasteiger partial charge < -0.3 is 27.9 Å². The monoisotopic (exact) mass is 525 g/mol. The van der Waals surface area contributed by atoms with Crippen molar-refractivity contribution in [1.29, 1.82) is 0 Å². The molecule has 0 bridgehead atoms. The van der Waals surface area contributed by atoms with Crippen molar-refractivity contribution in [2.75, 3.05) is 45.0 Å². The molecule has 2 aliphatic rings. The molecule has 5 heterocycles. The second-order valence-corrected chi connectivity index (χ2v) is 9.84. The third-order valence-electron chi connectivity index (χ3n) is 7.52. The molecule has 0 atom stereocenters. The quantitative estimate of drug-likeness (QED) is 0.295. The second kappa shape index (κ2) is 9.36. The van der Waals surface area contributed by atoms with Gasteiger partial charge in [0.05, 0.1) is 18.5 Å². The molecule has 9 nitrogen and oxygen atoms in total. The lowest BCUT2D eigenvalue weighted by molar-refractivity contribution is 0.174. The van der Waals surface area contributed by atoms with Gasteiger partial charge in [-0.25, -0.2) is 4.79 Å². The zero-order valence-electron chi connectivity index (χ0n) is 21.7. The maximum Gasteiger partial charge on any atom is 0.336 e. The topological polar surface area (TPSA) is 90.4 Å². The Kier molecular flexibility index (Phi) is 5.66. The van der Waals surface area contributed by atoms with Gasteiger partial charge in [-0.1, -0.05) is 12.1 Å². The van der Waals surface area contributed by atoms with Crippen LogP contribution in [0.5, 0.6) is 17.2 Å². The van der Waals surface area contributed by atoms with E-state index in [0.29, 0.717) is 28.4 Å². The number of ether oxygens (including phenoxy) is 3. The molecule has 0 unspecified atom stereocenters. The van der Waals surface area contributed by atoms with Crippen molar-refractivity contribution in [2.24, 2.45) is 0 Å². The van der Waals surface area contributed by atoms with E-state index in [1.165, 1.54) is 6.07 Å². The number of methoxy groups -OCH3 is 1. The summed E-state index contributed by atoms with van der Waals surface area (Å²) in [5.41, 5.74) is 4.33. The van der Waals surface area contributed by atoms with Gasteiger partial charge in [-0.2, -0.15) is 0 Å². The Bertz CT molecular complexity index is 1770. The molecule has 198 valence electrons. The number of benzene rings is 2. The molecule has 0 amide bonds. The highest BCUT2D eigenvalue weighted by Gasteiger charge is 2.23. The number of hydrogen-bond acceptors (Lipinski definition) is 9. The zero-order chi connectivity index (χ0) is 26.5. The number of para-hydroxylation sites is 2. The van der Waals surface area contributed by atoms with Crippen LogP contribution < -0.4 is 24.7 Å². The summed E-state index contributed by atoms with van der Waals surface area (Å²) < 4.78 is 28.4. The highest BCUT2D eigenvalue weighted by molar-refractivity contribution is 5.97. The van der Waals surface area contributed by atoms with Crippen molar-refractivity contribution >= 4 is 27.6 Å². The summed E-state index contributed by atoms with van der Waals surface area (Å²) in [5, 5.41) is 1.71. The van der Waals surface area contributed by atoms with Crippen molar-refractivity contribution in [2.45, 2.75) is 13.5 Å². The summed E-state index contributed by atoms with van der Waals surface area (Å²) in [7, 11) is 1.71. The third kappa shape index (κ3) is 4.15. The minimum atomic E-state index is -0.459. The number of aromatic nitrogens is 1. The van der Waals surface area contributed by atoms with Gasteiger partial charge in [0.15, 0.2) is 17.1 Å². The fourth-order valence-corrected chi connectivity index (χ4v) is 5.49. The number of hydrogen-bond donors (Lipinski definition) is 0. The average Bonchev–Trinajstić information content (AvgIpc) is 3.61. The van der Waals surface area contributed by atoms with Crippen molar-refractivity contribution in [3.63, 3.8) is 0 Å². The fraction of sp³-hybridized carbons (Fsp3) is 0.267. The SMILES string of the molecule is COc1ccccc1N1CCN(Cc2cnc(C)c3oc(-c4cc(=O)oc5cc6c(cc45)OCO6)cc23)CC1. The summed E-state index contributed by atoms with van der Waals surface area (Å²) in [6, 6.07) is 15.1. The molecule has 0 spiro atoms. The number of anilines is 1. The van der Waals surface area contributed by atoms with E-state index >= 15 is 0 Å². The van der Waals surface area contributed by atoms with E-state index in [0.717, 1.165) is 71.8 Å². The number of piperazine rings is 1. The van der Waals surface area contributed by atoms with Crippen LogP contribution in [-0.4, -0.2) is 50.0 Å². The average molecular weight is 526 g/mol. The van der Waals surface area contributed by atoms with Crippen LogP contribution in [0.15, 0.2) is 68.4 Å². The van der Waals surface area contributed by atoms with E-state index in [-0.39, 0.29) is 6.79 Å². The molecule has 1 saturated heterocycles. The standard InChI is InChI=1S/C30H27N3O6/c1-18-30-20(11-25(39-30)22-13-29(34)38-26-14-28-27(12-21(22)26)36-17-37-28)19(15-31-18)16-32-7-9-33(10-8-32)23-5-3-4-6-24(23)35-2/h3-6,11-15H,7-10,16-17H2,1-2H3. The molecule has 7 rings (SSSR count). The smallest absolute Gasteiger partial charge is 0.336 e. The largest absolute Gasteiger partial charge is 0.495 e. The Morgan fingerprint density at radius 1 is 0.949 bits per heavy atom. The van der Waals surface area contributed by atoms with Crippen molar-refractivity contribution in [3.8, 4) is 28.6 Å². The summed E-state index contributed by atoms with van der Waals surface area (Å²) in [6.45, 7) is 6.45. The highest BCUT2D eigenvalue weighted by Crippen LogP contribution is 2.40. The molecule has 0 aliphatic carbocycles. The van der Waals surface area contributed by atoms with Gasteiger partial charge >= 0.3 is 5.63 Å². The Morgan fingerprint density at radius 3 is 2.56 bits per heavy atom. The van der Waals surface area contributed by atoms with Gasteiger partial charge in [0.2, 0.25) is 6.79 Å². The van der Waals surface area contributed by atoms with Gasteiger partial charge in [0, 0.05) is 67.4 Å². The lowest BCUT2D eigenvalue weighted by atomic mass is 10.1. The molecule has 2 aliphatic heterocycles. The van der Waals surface area contributed by atoms with Crippen LogP contribution in [0.1, 0.15) is 11.3 Å². The molecular weight excluding hydrogens is 498 g/mol. The van der Waals surface area contributed by atoms with E-state index in [2.05, 4.69) is 20.9 Å². The highest BCUT2D eigenvalue weighted by atomic mass is 16.7. The van der Waals surface area contributed by atoms with Crippen LogP contribution >= 0.6 is 0 Å². The summed E-state index contributed by atoms with van der Waals surface area (Å²) >= 11 is 0. The molecule has 9 heteroatoms. The van der Waals surface area contributed by atoms with E-state index in [1.807, 2.05) is 43.5 Å². The van der Waals surface area contributed by atoms with Crippen LogP contribution in [-0.2, 0) is 6.54 Å². The van der Waals surface area contributed by atoms with Gasteiger partial charge in [-0.15, -0.1) is 0 Å². The molecule has 0 N–H and O–H groups in total. The molecule has 0 radical (unpaired) electrons. The Hall–Kier alpha value is -4.50. The first-order chi connectivity index (χ1) is 19.1. The molecule has 1 fully saturated rings. The maximum atomic E-state index is 12.4. The lowest BCUT2D eigenvalue weighted by Gasteiger charge is -2.36. The molecule has 39 heavy (non-hydrogen) atoms. The van der Waals surface area contributed by atoms with E-state index in [1.54, 1.807) is 13.2 Å². The second-order valence-electron chi connectivity index (χ2n) is 9.84. The predicted octanol–water partition coefficient (Wildman–Crippen LogP) is 4.97. The van der Waals surface area contributed by atoms with E-state index < -0.39 is 5.63 Å². The molecule has 3 aromatic heterocycles. The first-order valence-electron chi connectivity index (χ1n) is 12.9. The number of rotatable bonds is 5. The Labute approximate surface area is 224 Å². The fourth-order valence-electron chi connectivity index (χ4n) is 5.49. The Morgan fingerprint density at radius 2 is 1.74 bits per heavy atom. The van der Waals surface area contributed by atoms with Gasteiger partial charge in [-0.3, -0.25) is 9.88 Å². The first-order valence-corrected chi connectivity index (χ1v) is 12.9. The van der Waals surface area contributed by atoms with Crippen molar-refractivity contribution in [1.82, 2.24) is 9.88 Å². The summed E-state index contributed by atoms with van der Waals surface area (Å²) in [4.78, 5) is 21.9. The summed E-state index contributed by atoms with van der Waals surface area (Å²) in [6.07, 6.45) is 1.93. The lowest BCUT2D eigenvalue weighted by Crippen LogP contribution is -2.46. The maximum absolute atomic E-state index is 12.4. The first kappa shape index (κ1) is 23.6. The molecule has 5 aromatic rings. The number of furan rings is 1. The number of pyridine rings is 1. The Balaban J connectivity index is 1.19. The van der Waals surface area contributed by atoms with Gasteiger partial charge in [0.1, 0.15) is 17.1 Å². The number of nitrogens with zero attached hydrogens (tertiary/aromatic N) is 3. The normalized spacial score (nSPS) is 15.4. The van der Waals surface area contributed by atoms with Crippen molar-refractivity contribution in [3.05, 3.63) is 76.4 Å². The number of fused-ring (bicyclic) bond motifs is 3. The minimum Gasteiger partial charge on any atom is -0.495 e. The molecule has 2 aromatic carbocycles. The van der Waals surface area contributed by atoms with Crippen LogP contribution in [0.2, 0.25) is 0 Å². The van der Waals surface area contributed by atoms with Crippen molar-refractivity contribution < 1.29 is 23.0 Å². The van der Waals surface area contributed by atoms with E-state index in [4.69, 9.17) is 23.0 Å². The van der Waals surface area contributed by atoms with Crippen LogP contribution in [0.25, 0.3) is 33.3 Å². The van der Waals surface area contributed by atoms with Crippen LogP contribution in [0.3, 0.4) is 0 Å². The predicted molar refractivity (Wildman–Crippen MR) is 147 cm³/mol. The van der Waals surface area contributed by atoms with Gasteiger partial charge in [0.25, 0.3) is 0 Å². The van der Waals surface area contributed by atoms with Crippen LogP contribution in [0.4, 0.5) is 5.69 Å². The van der Waals surface area contributed by atoms with Gasteiger partial charge in [-0.05, 0) is 36.8 Å². The van der Waals surface area contributed by atoms with Crippen LogP contribution in [0, 0.1) is 6.92 Å². The summed E-state index contributed by atoms with van der Waals surface area (Å²) in [5.74, 6) is 2.65. The zero-order valence-corrected chi connectivity index (χ0v) is 21.7. The minimum absolute atomic E-state index is 0.136. The van der Waals surface area contributed by atoms with E-state index in [9.17, 15) is 4.79 Å². The number of aryl methyl sites for hydroxylation is 1. The molecular formula is C30H27N3O6.